The van der Waals surface area contributed by atoms with Crippen LogP contribution in [0.15, 0.2) is 0 Å². The predicted octanol–water partition coefficient (Wildman–Crippen LogP) is 2.60. The minimum atomic E-state index is 0.239. The largest absolute Gasteiger partial charge is 0.0752 e. The highest BCUT2D eigenvalue weighted by molar-refractivity contribution is 7.79. The molecular weight excluding hydrogens is 220 g/mol. The van der Waals surface area contributed by atoms with Crippen LogP contribution in [0.25, 0.3) is 0 Å². The lowest BCUT2D eigenvalue weighted by molar-refractivity contribution is 0.762. The summed E-state index contributed by atoms with van der Waals surface area (Å²) in [4.78, 5) is 0. The molecule has 0 bridgehead atoms. The van der Waals surface area contributed by atoms with Gasteiger partial charge in [-0.25, -0.2) is 0 Å². The van der Waals surface area contributed by atoms with Gasteiger partial charge < -0.3 is 0 Å². The topological polar surface area (TPSA) is 0 Å². The second kappa shape index (κ2) is 7.46. The molecule has 0 aromatic heterocycles. The third-order valence-corrected chi connectivity index (χ3v) is 2.46. The van der Waals surface area contributed by atoms with Crippen molar-refractivity contribution in [1.29, 1.82) is 0 Å². The average molecular weight is 247 g/mol. The summed E-state index contributed by atoms with van der Waals surface area (Å²) < 4.78 is 0. The molecule has 6 radical (unpaired) electrons. The number of hydrogen-bond acceptors (Lipinski definition) is 0. The minimum absolute atomic E-state index is 0.239. The fourth-order valence-electron chi connectivity index (χ4n) is 1.39. The highest BCUT2D eigenvalue weighted by Crippen LogP contribution is 2.22. The van der Waals surface area contributed by atoms with Gasteiger partial charge in [0.2, 0.25) is 0 Å². The summed E-state index contributed by atoms with van der Waals surface area (Å²) in [7, 11) is 13.8. The van der Waals surface area contributed by atoms with Crippen molar-refractivity contribution in [1.82, 2.24) is 0 Å². The monoisotopic (exact) mass is 248 g/mol. The van der Waals surface area contributed by atoms with Gasteiger partial charge in [0.1, 0.15) is 0 Å². The highest BCUT2D eigenvalue weighted by Gasteiger charge is 2.24. The molecule has 0 nitrogen and oxygen atoms in total. The van der Waals surface area contributed by atoms with E-state index in [2.05, 4.69) is 105 Å². The quantitative estimate of drug-likeness (QED) is 0.633. The van der Waals surface area contributed by atoms with Crippen molar-refractivity contribution in [3.05, 3.63) is 0 Å². The van der Waals surface area contributed by atoms with Crippen molar-refractivity contribution >= 4 is 49.1 Å². The third-order valence-electron chi connectivity index (χ3n) is 2.46. The zero-order valence-corrected chi connectivity index (χ0v) is 14.5. The lowest BCUT2D eigenvalue weighted by atomic mass is 8.75. The lowest BCUT2D eigenvalue weighted by Crippen LogP contribution is -2.49. The summed E-state index contributed by atoms with van der Waals surface area (Å²) in [6.07, 6.45) is 0.387. The van der Waals surface area contributed by atoms with Gasteiger partial charge in [0.05, 0.1) is 21.5 Å². The molecular formula is C12H27B7. The Morgan fingerprint density at radius 2 is 0.684 bits per heavy atom. The Bertz CT molecular complexity index is 203. The predicted molar refractivity (Wildman–Crippen MR) is 99.4 cm³/mol. The Kier molecular flexibility index (Phi) is 7.64. The van der Waals surface area contributed by atoms with Crippen LogP contribution in [0.2, 0.25) is 15.9 Å². The van der Waals surface area contributed by atoms with E-state index in [1.54, 1.807) is 0 Å². The molecule has 0 heterocycles. The van der Waals surface area contributed by atoms with Gasteiger partial charge in [0, 0.05) is 27.6 Å². The van der Waals surface area contributed by atoms with E-state index in [4.69, 9.17) is 0 Å². The molecule has 0 unspecified atom stereocenters. The van der Waals surface area contributed by atoms with Crippen molar-refractivity contribution in [2.45, 2.75) is 78.3 Å². The van der Waals surface area contributed by atoms with Gasteiger partial charge in [-0.15, -0.1) is 0 Å². The molecule has 0 aromatic carbocycles. The first-order valence-electron chi connectivity index (χ1n) is 7.37. The van der Waals surface area contributed by atoms with E-state index in [0.29, 0.717) is 6.39 Å². The average Bonchev–Trinajstić information content (AvgIpc) is 2.11. The van der Waals surface area contributed by atoms with E-state index in [9.17, 15) is 0 Å². The molecule has 0 saturated carbocycles. The fourth-order valence-corrected chi connectivity index (χ4v) is 1.39. The van der Waals surface area contributed by atoms with Crippen LogP contribution < -0.4 is 0 Å². The van der Waals surface area contributed by atoms with Crippen molar-refractivity contribution < 1.29 is 0 Å². The summed E-state index contributed by atoms with van der Waals surface area (Å²) in [6, 6.07) is 0. The maximum Gasteiger partial charge on any atom is 0.0619 e. The molecule has 0 amide bonds. The van der Waals surface area contributed by atoms with Gasteiger partial charge in [-0.3, -0.25) is 0 Å². The first kappa shape index (κ1) is 19.5. The van der Waals surface area contributed by atoms with E-state index in [1.165, 1.54) is 0 Å². The van der Waals surface area contributed by atoms with Crippen LogP contribution in [0.1, 0.15) is 62.3 Å². The number of rotatable bonds is 6. The first-order valence-corrected chi connectivity index (χ1v) is 7.37. The minimum Gasteiger partial charge on any atom is -0.0752 e. The highest BCUT2D eigenvalue weighted by atomic mass is 14.0. The Morgan fingerprint density at radius 3 is 0.842 bits per heavy atom. The van der Waals surface area contributed by atoms with Crippen LogP contribution in [0.5, 0.6) is 0 Å². The summed E-state index contributed by atoms with van der Waals surface area (Å²) in [5.74, 6) is 0. The van der Waals surface area contributed by atoms with Crippen molar-refractivity contribution in [3.8, 4) is 0 Å². The van der Waals surface area contributed by atoms with Crippen molar-refractivity contribution in [3.63, 3.8) is 0 Å². The molecule has 7 heteroatoms. The maximum absolute atomic E-state index is 2.31. The number of hydrogen-bond donors (Lipinski definition) is 0. The van der Waals surface area contributed by atoms with Crippen LogP contribution in [0.3, 0.4) is 0 Å². The normalized spacial score (nSPS) is 12.5. The molecule has 0 N–H and O–H groups in total. The van der Waals surface area contributed by atoms with Gasteiger partial charge in [0.15, 0.2) is 0 Å². The zero-order valence-electron chi connectivity index (χ0n) is 14.5. The van der Waals surface area contributed by atoms with Gasteiger partial charge in [-0.05, 0) is 0 Å². The van der Waals surface area contributed by atoms with Crippen LogP contribution in [0.4, 0.5) is 0 Å². The van der Waals surface area contributed by atoms with Gasteiger partial charge >= 0.3 is 0 Å². The standard InChI is InChI=1S/C12H27B7/c1-10(2,3)13-16-19(17-14-11(4,5)6)18-15-12(7,8)9/h1-9H3. The van der Waals surface area contributed by atoms with Crippen molar-refractivity contribution in [2.75, 3.05) is 0 Å². The smallest absolute Gasteiger partial charge is 0.0619 e. The summed E-state index contributed by atoms with van der Waals surface area (Å²) >= 11 is 0. The third kappa shape index (κ3) is 14.7. The molecule has 0 aliphatic carbocycles. The lowest BCUT2D eigenvalue weighted by Gasteiger charge is -2.25. The van der Waals surface area contributed by atoms with Gasteiger partial charge in [-0.2, -0.15) is 0 Å². The van der Waals surface area contributed by atoms with Crippen LogP contribution in [-0.2, 0) is 0 Å². The van der Waals surface area contributed by atoms with Gasteiger partial charge in [0.25, 0.3) is 0 Å². The van der Waals surface area contributed by atoms with Crippen LogP contribution in [-0.4, -0.2) is 49.1 Å². The molecule has 0 spiro atoms. The summed E-state index contributed by atoms with van der Waals surface area (Å²) in [6.45, 7) is 20.1. The second-order valence-corrected chi connectivity index (χ2v) is 8.75. The van der Waals surface area contributed by atoms with E-state index in [-0.39, 0.29) is 15.9 Å². The Balaban J connectivity index is 4.30. The van der Waals surface area contributed by atoms with E-state index in [1.807, 2.05) is 0 Å². The zero-order chi connectivity index (χ0) is 15.3. The molecule has 0 rings (SSSR count). The molecule has 0 atom stereocenters. The molecule has 0 aromatic rings. The summed E-state index contributed by atoms with van der Waals surface area (Å²) in [5, 5.41) is 0.718. The Hall–Kier alpha value is 0.455. The summed E-state index contributed by atoms with van der Waals surface area (Å²) in [5.41, 5.74) is 0. The van der Waals surface area contributed by atoms with Crippen LogP contribution in [0, 0.1) is 0 Å². The molecule has 0 aliphatic rings. The Labute approximate surface area is 127 Å². The molecule has 0 aliphatic heterocycles. The van der Waals surface area contributed by atoms with Gasteiger partial charge in [-0.1, -0.05) is 78.3 Å². The molecule has 19 heavy (non-hydrogen) atoms. The Morgan fingerprint density at radius 1 is 0.474 bits per heavy atom. The van der Waals surface area contributed by atoms with E-state index < -0.39 is 0 Å². The fraction of sp³-hybridized carbons (Fsp3) is 1.00. The molecule has 0 fully saturated rings. The first-order chi connectivity index (χ1) is 8.29. The van der Waals surface area contributed by atoms with Crippen molar-refractivity contribution in [2.24, 2.45) is 0 Å². The van der Waals surface area contributed by atoms with E-state index >= 15 is 0 Å². The van der Waals surface area contributed by atoms with Crippen LogP contribution >= 0.6 is 0 Å². The maximum atomic E-state index is 2.31. The molecule has 96 valence electrons. The SMILES string of the molecule is CC(C)(C)[B][B]B([B][B]C(C)(C)C)[B][B]C(C)(C)C. The van der Waals surface area contributed by atoms with E-state index in [0.717, 1.165) is 0 Å². The second-order valence-electron chi connectivity index (χ2n) is 8.75. The molecule has 0 saturated heterocycles.